The third kappa shape index (κ3) is 3.15. The zero-order valence-electron chi connectivity index (χ0n) is 13.8. The standard InChI is InChI=1S/C18H30N2O/c1-4-20(12-13-21-5-2)18(14-19)11-10-15(3)16-8-6-7-9-17(16)18/h6-9,15H,4-5,10-14,19H2,1-3H3. The average Bonchev–Trinajstić information content (AvgIpc) is 2.53. The van der Waals surface area contributed by atoms with E-state index in [2.05, 4.69) is 43.0 Å². The first-order chi connectivity index (χ1) is 10.2. The molecule has 1 aliphatic carbocycles. The number of hydrogen-bond acceptors (Lipinski definition) is 3. The number of hydrogen-bond donors (Lipinski definition) is 1. The predicted octanol–water partition coefficient (Wildman–Crippen LogP) is 3.10. The molecule has 0 spiro atoms. The summed E-state index contributed by atoms with van der Waals surface area (Å²) in [5.41, 5.74) is 9.19. The third-order valence-corrected chi connectivity index (χ3v) is 5.02. The Morgan fingerprint density at radius 2 is 2.10 bits per heavy atom. The molecule has 0 heterocycles. The minimum atomic E-state index is -0.0189. The Morgan fingerprint density at radius 1 is 1.33 bits per heavy atom. The molecule has 3 heteroatoms. The zero-order chi connectivity index (χ0) is 15.3. The quantitative estimate of drug-likeness (QED) is 0.784. The van der Waals surface area contributed by atoms with Gasteiger partial charge in [-0.05, 0) is 43.4 Å². The second-order valence-electron chi connectivity index (χ2n) is 6.04. The highest BCUT2D eigenvalue weighted by atomic mass is 16.5. The van der Waals surface area contributed by atoms with Crippen LogP contribution < -0.4 is 5.73 Å². The molecule has 0 saturated carbocycles. The normalized spacial score (nSPS) is 25.1. The van der Waals surface area contributed by atoms with Gasteiger partial charge in [-0.25, -0.2) is 0 Å². The van der Waals surface area contributed by atoms with Crippen LogP contribution in [0.1, 0.15) is 50.7 Å². The smallest absolute Gasteiger partial charge is 0.0593 e. The number of nitrogens with two attached hydrogens (primary N) is 1. The number of fused-ring (bicyclic) bond motifs is 1. The molecule has 0 aliphatic heterocycles. The maximum atomic E-state index is 6.30. The van der Waals surface area contributed by atoms with Crippen LogP contribution in [-0.2, 0) is 10.3 Å². The summed E-state index contributed by atoms with van der Waals surface area (Å²) in [5, 5.41) is 0. The van der Waals surface area contributed by atoms with E-state index in [1.54, 1.807) is 0 Å². The van der Waals surface area contributed by atoms with Crippen LogP contribution in [0.3, 0.4) is 0 Å². The number of benzene rings is 1. The van der Waals surface area contributed by atoms with Gasteiger partial charge in [0, 0.05) is 19.7 Å². The minimum Gasteiger partial charge on any atom is -0.380 e. The lowest BCUT2D eigenvalue weighted by Gasteiger charge is -2.48. The highest BCUT2D eigenvalue weighted by molar-refractivity contribution is 5.39. The van der Waals surface area contributed by atoms with Crippen molar-refractivity contribution in [2.75, 3.05) is 32.8 Å². The Bertz CT molecular complexity index is 449. The van der Waals surface area contributed by atoms with Crippen molar-refractivity contribution in [1.82, 2.24) is 4.90 Å². The van der Waals surface area contributed by atoms with Gasteiger partial charge in [0.1, 0.15) is 0 Å². The molecule has 118 valence electrons. The number of ether oxygens (including phenoxy) is 1. The van der Waals surface area contributed by atoms with Crippen LogP contribution in [0, 0.1) is 0 Å². The van der Waals surface area contributed by atoms with E-state index in [-0.39, 0.29) is 5.54 Å². The van der Waals surface area contributed by atoms with Crippen molar-refractivity contribution in [3.8, 4) is 0 Å². The fourth-order valence-corrected chi connectivity index (χ4v) is 3.76. The Hall–Kier alpha value is -0.900. The van der Waals surface area contributed by atoms with E-state index >= 15 is 0 Å². The minimum absolute atomic E-state index is 0.0189. The summed E-state index contributed by atoms with van der Waals surface area (Å²) < 4.78 is 5.57. The molecule has 3 nitrogen and oxygen atoms in total. The maximum absolute atomic E-state index is 6.30. The molecule has 1 aromatic carbocycles. The highest BCUT2D eigenvalue weighted by Gasteiger charge is 2.41. The number of rotatable bonds is 7. The van der Waals surface area contributed by atoms with Crippen molar-refractivity contribution in [3.63, 3.8) is 0 Å². The van der Waals surface area contributed by atoms with Crippen LogP contribution in [-0.4, -0.2) is 37.7 Å². The largest absolute Gasteiger partial charge is 0.380 e. The third-order valence-electron chi connectivity index (χ3n) is 5.02. The van der Waals surface area contributed by atoms with Gasteiger partial charge < -0.3 is 10.5 Å². The Morgan fingerprint density at radius 3 is 2.76 bits per heavy atom. The summed E-state index contributed by atoms with van der Waals surface area (Å²) in [7, 11) is 0. The monoisotopic (exact) mass is 290 g/mol. The van der Waals surface area contributed by atoms with Crippen LogP contribution in [0.15, 0.2) is 24.3 Å². The second-order valence-corrected chi connectivity index (χ2v) is 6.04. The molecule has 2 rings (SSSR count). The van der Waals surface area contributed by atoms with Gasteiger partial charge in [-0.1, -0.05) is 38.1 Å². The lowest BCUT2D eigenvalue weighted by Crippen LogP contribution is -2.54. The Balaban J connectivity index is 2.34. The molecule has 2 atom stereocenters. The van der Waals surface area contributed by atoms with E-state index < -0.39 is 0 Å². The van der Waals surface area contributed by atoms with Crippen LogP contribution in [0.25, 0.3) is 0 Å². The first-order valence-electron chi connectivity index (χ1n) is 8.31. The topological polar surface area (TPSA) is 38.5 Å². The summed E-state index contributed by atoms with van der Waals surface area (Å²) in [4.78, 5) is 2.52. The summed E-state index contributed by atoms with van der Waals surface area (Å²) >= 11 is 0. The molecule has 2 unspecified atom stereocenters. The molecule has 1 aromatic rings. The van der Waals surface area contributed by atoms with E-state index in [1.807, 2.05) is 6.92 Å². The summed E-state index contributed by atoms with van der Waals surface area (Å²) in [6.45, 7) is 10.8. The van der Waals surface area contributed by atoms with Gasteiger partial charge in [-0.2, -0.15) is 0 Å². The first kappa shape index (κ1) is 16.5. The Labute approximate surface area is 129 Å². The van der Waals surface area contributed by atoms with E-state index in [4.69, 9.17) is 10.5 Å². The van der Waals surface area contributed by atoms with Gasteiger partial charge in [-0.3, -0.25) is 4.90 Å². The molecule has 0 saturated heterocycles. The van der Waals surface area contributed by atoms with Crippen LogP contribution in [0.2, 0.25) is 0 Å². The summed E-state index contributed by atoms with van der Waals surface area (Å²) in [6, 6.07) is 8.86. The van der Waals surface area contributed by atoms with E-state index in [0.29, 0.717) is 12.5 Å². The molecule has 0 amide bonds. The SMILES string of the molecule is CCOCCN(CC)C1(CN)CCC(C)c2ccccc21. The number of nitrogens with zero attached hydrogens (tertiary/aromatic N) is 1. The van der Waals surface area contributed by atoms with Gasteiger partial charge in [0.15, 0.2) is 0 Å². The number of likely N-dealkylation sites (N-methyl/N-ethyl adjacent to an activating group) is 1. The first-order valence-corrected chi connectivity index (χ1v) is 8.31. The van der Waals surface area contributed by atoms with E-state index in [1.165, 1.54) is 17.5 Å². The molecule has 0 aromatic heterocycles. The van der Waals surface area contributed by atoms with Gasteiger partial charge in [-0.15, -0.1) is 0 Å². The van der Waals surface area contributed by atoms with Crippen molar-refractivity contribution in [2.24, 2.45) is 5.73 Å². The highest BCUT2D eigenvalue weighted by Crippen LogP contribution is 2.44. The van der Waals surface area contributed by atoms with Crippen molar-refractivity contribution in [1.29, 1.82) is 0 Å². The lowest BCUT2D eigenvalue weighted by molar-refractivity contribution is 0.0375. The molecule has 2 N–H and O–H groups in total. The van der Waals surface area contributed by atoms with Crippen molar-refractivity contribution in [2.45, 2.75) is 45.1 Å². The molecule has 0 bridgehead atoms. The lowest BCUT2D eigenvalue weighted by atomic mass is 9.71. The van der Waals surface area contributed by atoms with Crippen LogP contribution in [0.5, 0.6) is 0 Å². The van der Waals surface area contributed by atoms with Crippen molar-refractivity contribution >= 4 is 0 Å². The van der Waals surface area contributed by atoms with Gasteiger partial charge in [0.2, 0.25) is 0 Å². The molecule has 1 aliphatic rings. The van der Waals surface area contributed by atoms with E-state index in [9.17, 15) is 0 Å². The van der Waals surface area contributed by atoms with Gasteiger partial charge >= 0.3 is 0 Å². The predicted molar refractivity (Wildman–Crippen MR) is 88.6 cm³/mol. The van der Waals surface area contributed by atoms with Crippen LogP contribution in [0.4, 0.5) is 0 Å². The maximum Gasteiger partial charge on any atom is 0.0593 e. The molecular formula is C18H30N2O. The van der Waals surface area contributed by atoms with Gasteiger partial charge in [0.25, 0.3) is 0 Å². The fourth-order valence-electron chi connectivity index (χ4n) is 3.76. The molecule has 0 radical (unpaired) electrons. The zero-order valence-corrected chi connectivity index (χ0v) is 13.8. The van der Waals surface area contributed by atoms with E-state index in [0.717, 1.165) is 32.7 Å². The second kappa shape index (κ2) is 7.39. The fraction of sp³-hybridized carbons (Fsp3) is 0.667. The van der Waals surface area contributed by atoms with Crippen LogP contribution >= 0.6 is 0 Å². The molecular weight excluding hydrogens is 260 g/mol. The van der Waals surface area contributed by atoms with Gasteiger partial charge in [0.05, 0.1) is 12.1 Å². The Kier molecular flexibility index (Phi) is 5.80. The van der Waals surface area contributed by atoms with Crippen molar-refractivity contribution in [3.05, 3.63) is 35.4 Å². The average molecular weight is 290 g/mol. The van der Waals surface area contributed by atoms with Crippen molar-refractivity contribution < 1.29 is 4.74 Å². The summed E-state index contributed by atoms with van der Waals surface area (Å²) in [6.07, 6.45) is 2.35. The molecule has 21 heavy (non-hydrogen) atoms. The summed E-state index contributed by atoms with van der Waals surface area (Å²) in [5.74, 6) is 0.631. The molecule has 0 fully saturated rings.